The molecule has 0 N–H and O–H groups in total. The summed E-state index contributed by atoms with van der Waals surface area (Å²) in [6.45, 7) is 0. The zero-order valence-electron chi connectivity index (χ0n) is 8.35. The number of thiazole rings is 1. The highest BCUT2D eigenvalue weighted by Gasteiger charge is 2.01. The van der Waals surface area contributed by atoms with E-state index >= 15 is 0 Å². The normalized spacial score (nSPS) is 11.1. The number of benzene rings is 1. The summed E-state index contributed by atoms with van der Waals surface area (Å²) in [5.74, 6) is 0. The standard InChI is InChI=1S/C12H11BrNS/c1-14-9-15-8-12(14)7-4-10-2-5-11(13)6-3-10/h2-9H,1H3/q+1. The zero-order chi connectivity index (χ0) is 10.7. The molecular weight excluding hydrogens is 270 g/mol. The summed E-state index contributed by atoms with van der Waals surface area (Å²) in [5.41, 5.74) is 4.52. The number of hydrogen-bond donors (Lipinski definition) is 0. The molecule has 2 aromatic rings. The number of rotatable bonds is 2. The molecular formula is C12H11BrNS+. The van der Waals surface area contributed by atoms with Crippen LogP contribution in [0.15, 0.2) is 39.6 Å². The Morgan fingerprint density at radius 2 is 1.93 bits per heavy atom. The molecule has 2 rings (SSSR count). The number of aromatic nitrogens is 1. The van der Waals surface area contributed by atoms with E-state index in [1.807, 2.05) is 12.1 Å². The van der Waals surface area contributed by atoms with Gasteiger partial charge in [0.05, 0.1) is 5.38 Å². The molecule has 0 aliphatic carbocycles. The van der Waals surface area contributed by atoms with Gasteiger partial charge in [0.15, 0.2) is 0 Å². The minimum atomic E-state index is 1.11. The number of hydrogen-bond acceptors (Lipinski definition) is 1. The lowest BCUT2D eigenvalue weighted by Crippen LogP contribution is -2.27. The van der Waals surface area contributed by atoms with Crippen LogP contribution >= 0.6 is 27.3 Å². The van der Waals surface area contributed by atoms with E-state index in [0.717, 1.165) is 4.47 Å². The van der Waals surface area contributed by atoms with E-state index in [0.29, 0.717) is 0 Å². The third-order valence-electron chi connectivity index (χ3n) is 2.13. The van der Waals surface area contributed by atoms with Crippen LogP contribution in [0.25, 0.3) is 12.2 Å². The summed E-state index contributed by atoms with van der Waals surface area (Å²) in [5, 5.41) is 2.13. The van der Waals surface area contributed by atoms with Crippen LogP contribution in [0.4, 0.5) is 0 Å². The second-order valence-electron chi connectivity index (χ2n) is 3.28. The Morgan fingerprint density at radius 1 is 1.20 bits per heavy atom. The maximum atomic E-state index is 3.42. The van der Waals surface area contributed by atoms with E-state index in [1.165, 1.54) is 11.3 Å². The Labute approximate surface area is 102 Å². The molecule has 0 unspecified atom stereocenters. The Kier molecular flexibility index (Phi) is 3.34. The van der Waals surface area contributed by atoms with Crippen LogP contribution in [0, 0.1) is 0 Å². The molecule has 0 saturated carbocycles. The minimum Gasteiger partial charge on any atom is -0.192 e. The van der Waals surface area contributed by atoms with Crippen molar-refractivity contribution < 1.29 is 4.57 Å². The second-order valence-corrected chi connectivity index (χ2v) is 4.91. The van der Waals surface area contributed by atoms with Crippen molar-refractivity contribution in [2.45, 2.75) is 0 Å². The molecule has 0 fully saturated rings. The molecule has 1 heterocycles. The van der Waals surface area contributed by atoms with Crippen molar-refractivity contribution >= 4 is 39.4 Å². The molecule has 0 saturated heterocycles. The average Bonchev–Trinajstić information content (AvgIpc) is 2.63. The quantitative estimate of drug-likeness (QED) is 0.742. The van der Waals surface area contributed by atoms with Crippen LogP contribution < -0.4 is 4.57 Å². The lowest BCUT2D eigenvalue weighted by molar-refractivity contribution is -0.668. The second kappa shape index (κ2) is 4.73. The van der Waals surface area contributed by atoms with Crippen LogP contribution in [0.5, 0.6) is 0 Å². The molecule has 0 bridgehead atoms. The number of nitrogens with zero attached hydrogens (tertiary/aromatic N) is 1. The molecule has 0 aliphatic heterocycles. The molecule has 76 valence electrons. The van der Waals surface area contributed by atoms with Gasteiger partial charge in [-0.3, -0.25) is 0 Å². The predicted octanol–water partition coefficient (Wildman–Crippen LogP) is 3.51. The molecule has 0 radical (unpaired) electrons. The summed E-state index contributed by atoms with van der Waals surface area (Å²) in [6.07, 6.45) is 4.24. The van der Waals surface area contributed by atoms with E-state index in [4.69, 9.17) is 0 Å². The topological polar surface area (TPSA) is 3.88 Å². The highest BCUT2D eigenvalue weighted by Crippen LogP contribution is 2.12. The maximum absolute atomic E-state index is 3.42. The summed E-state index contributed by atoms with van der Waals surface area (Å²) >= 11 is 5.13. The van der Waals surface area contributed by atoms with Crippen LogP contribution in [0.3, 0.4) is 0 Å². The first-order valence-electron chi connectivity index (χ1n) is 4.61. The van der Waals surface area contributed by atoms with Crippen molar-refractivity contribution in [2.75, 3.05) is 0 Å². The van der Waals surface area contributed by atoms with Crippen molar-refractivity contribution in [1.29, 1.82) is 0 Å². The Bertz CT molecular complexity index is 471. The lowest BCUT2D eigenvalue weighted by atomic mass is 10.2. The summed E-state index contributed by atoms with van der Waals surface area (Å²) in [4.78, 5) is 0. The van der Waals surface area contributed by atoms with Gasteiger partial charge in [0.25, 0.3) is 0 Å². The van der Waals surface area contributed by atoms with E-state index in [2.05, 4.69) is 62.7 Å². The van der Waals surface area contributed by atoms with Gasteiger partial charge in [-0.25, -0.2) is 0 Å². The number of halogens is 1. The van der Waals surface area contributed by atoms with E-state index < -0.39 is 0 Å². The average molecular weight is 281 g/mol. The van der Waals surface area contributed by atoms with Crippen LogP contribution in [0.1, 0.15) is 11.3 Å². The van der Waals surface area contributed by atoms with Crippen molar-refractivity contribution in [3.63, 3.8) is 0 Å². The highest BCUT2D eigenvalue weighted by molar-refractivity contribution is 9.10. The van der Waals surface area contributed by atoms with E-state index in [9.17, 15) is 0 Å². The maximum Gasteiger partial charge on any atom is 0.224 e. The molecule has 15 heavy (non-hydrogen) atoms. The Morgan fingerprint density at radius 3 is 2.53 bits per heavy atom. The molecule has 3 heteroatoms. The predicted molar refractivity (Wildman–Crippen MR) is 68.6 cm³/mol. The Balaban J connectivity index is 2.19. The van der Waals surface area contributed by atoms with E-state index in [-0.39, 0.29) is 0 Å². The largest absolute Gasteiger partial charge is 0.224 e. The highest BCUT2D eigenvalue weighted by atomic mass is 79.9. The molecule has 0 aliphatic rings. The summed E-state index contributed by atoms with van der Waals surface area (Å²) < 4.78 is 3.22. The third-order valence-corrected chi connectivity index (χ3v) is 3.48. The van der Waals surface area contributed by atoms with E-state index in [1.54, 1.807) is 11.3 Å². The van der Waals surface area contributed by atoms with Crippen LogP contribution in [0.2, 0.25) is 0 Å². The first-order valence-corrected chi connectivity index (χ1v) is 6.35. The van der Waals surface area contributed by atoms with Crippen molar-refractivity contribution in [2.24, 2.45) is 7.05 Å². The fraction of sp³-hybridized carbons (Fsp3) is 0.0833. The minimum absolute atomic E-state index is 1.11. The van der Waals surface area contributed by atoms with Crippen molar-refractivity contribution in [3.05, 3.63) is 50.9 Å². The smallest absolute Gasteiger partial charge is 0.192 e. The van der Waals surface area contributed by atoms with Gasteiger partial charge >= 0.3 is 0 Å². The zero-order valence-corrected chi connectivity index (χ0v) is 10.8. The van der Waals surface area contributed by atoms with Crippen LogP contribution in [-0.4, -0.2) is 0 Å². The monoisotopic (exact) mass is 280 g/mol. The third kappa shape index (κ3) is 2.76. The first-order chi connectivity index (χ1) is 7.25. The van der Waals surface area contributed by atoms with Gasteiger partial charge in [-0.1, -0.05) is 39.4 Å². The van der Waals surface area contributed by atoms with Gasteiger partial charge < -0.3 is 0 Å². The van der Waals surface area contributed by atoms with Gasteiger partial charge in [-0.15, -0.1) is 0 Å². The fourth-order valence-electron chi connectivity index (χ4n) is 1.25. The molecule has 0 spiro atoms. The summed E-state index contributed by atoms with van der Waals surface area (Å²) in [7, 11) is 2.05. The molecule has 1 nitrogen and oxygen atoms in total. The molecule has 0 amide bonds. The lowest BCUT2D eigenvalue weighted by Gasteiger charge is -1.92. The molecule has 1 aromatic heterocycles. The van der Waals surface area contributed by atoms with Crippen molar-refractivity contribution in [3.8, 4) is 0 Å². The first kappa shape index (κ1) is 10.6. The van der Waals surface area contributed by atoms with Crippen LogP contribution in [-0.2, 0) is 7.05 Å². The summed E-state index contributed by atoms with van der Waals surface area (Å²) in [6, 6.07) is 8.28. The SMILES string of the molecule is C[n+]1cscc1C=Cc1ccc(Br)cc1. The fourth-order valence-corrected chi connectivity index (χ4v) is 2.26. The van der Waals surface area contributed by atoms with Gasteiger partial charge in [0, 0.05) is 10.5 Å². The molecule has 0 atom stereocenters. The number of aryl methyl sites for hydroxylation is 1. The molecule has 1 aromatic carbocycles. The van der Waals surface area contributed by atoms with Gasteiger partial charge in [-0.05, 0) is 23.8 Å². The van der Waals surface area contributed by atoms with Crippen molar-refractivity contribution in [1.82, 2.24) is 0 Å². The van der Waals surface area contributed by atoms with Gasteiger partial charge in [0.2, 0.25) is 11.2 Å². The van der Waals surface area contributed by atoms with Gasteiger partial charge in [-0.2, -0.15) is 4.57 Å². The Hall–Kier alpha value is -0.930. The van der Waals surface area contributed by atoms with Gasteiger partial charge in [0.1, 0.15) is 7.05 Å².